The first-order chi connectivity index (χ1) is 9.41. The molecule has 20 heavy (non-hydrogen) atoms. The van der Waals surface area contributed by atoms with Gasteiger partial charge in [0.15, 0.2) is 0 Å². The molecule has 5 nitrogen and oxygen atoms in total. The third-order valence-corrected chi connectivity index (χ3v) is 4.19. The Hall–Kier alpha value is -1.24. The Kier molecular flexibility index (Phi) is 4.57. The number of hydrogen-bond donors (Lipinski definition) is 4. The van der Waals surface area contributed by atoms with Gasteiger partial charge in [-0.05, 0) is 37.8 Å². The zero-order valence-electron chi connectivity index (χ0n) is 12.0. The van der Waals surface area contributed by atoms with Crippen molar-refractivity contribution in [2.75, 3.05) is 18.6 Å². The third kappa shape index (κ3) is 3.65. The van der Waals surface area contributed by atoms with E-state index in [1.807, 2.05) is 38.3 Å². The molecule has 2 unspecified atom stereocenters. The van der Waals surface area contributed by atoms with Crippen molar-refractivity contribution in [2.45, 2.75) is 25.5 Å². The molecule has 0 fully saturated rings. The fourth-order valence-corrected chi connectivity index (χ4v) is 2.90. The maximum absolute atomic E-state index is 11.2. The van der Waals surface area contributed by atoms with Gasteiger partial charge in [-0.25, -0.2) is 4.79 Å². The van der Waals surface area contributed by atoms with Crippen LogP contribution in [0.3, 0.4) is 0 Å². The summed E-state index contributed by atoms with van der Waals surface area (Å²) < 4.78 is 0. The maximum Gasteiger partial charge on any atom is 0.323 e. The number of rotatable bonds is 6. The van der Waals surface area contributed by atoms with Crippen LogP contribution in [0.25, 0.3) is 11.0 Å². The molecule has 0 amide bonds. The zero-order chi connectivity index (χ0) is 14.8. The number of hydrogen-bond acceptors (Lipinski definition) is 4. The average Bonchev–Trinajstić information content (AvgIpc) is 2.75. The molecule has 0 radical (unpaired) electrons. The number of H-pyrrole nitrogens is 2. The Morgan fingerprint density at radius 2 is 2.10 bits per heavy atom. The molecule has 0 spiro atoms. The van der Waals surface area contributed by atoms with E-state index >= 15 is 0 Å². The quantitative estimate of drug-likeness (QED) is 0.653. The highest BCUT2D eigenvalue weighted by Gasteiger charge is 2.20. The van der Waals surface area contributed by atoms with E-state index < -0.39 is 5.60 Å². The lowest BCUT2D eigenvalue weighted by atomic mass is 10.1. The van der Waals surface area contributed by atoms with Crippen LogP contribution in [0.15, 0.2) is 23.0 Å². The molecule has 1 heterocycles. The van der Waals surface area contributed by atoms with E-state index in [1.165, 1.54) is 0 Å². The summed E-state index contributed by atoms with van der Waals surface area (Å²) in [7, 11) is 0. The van der Waals surface area contributed by atoms with Crippen LogP contribution in [0.4, 0.5) is 0 Å². The minimum atomic E-state index is -0.722. The van der Waals surface area contributed by atoms with E-state index in [2.05, 4.69) is 15.3 Å². The second-order valence-corrected chi connectivity index (χ2v) is 6.28. The highest BCUT2D eigenvalue weighted by atomic mass is 32.2. The Balaban J connectivity index is 2.07. The summed E-state index contributed by atoms with van der Waals surface area (Å²) in [6, 6.07) is 5.92. The van der Waals surface area contributed by atoms with E-state index in [1.54, 1.807) is 11.8 Å². The van der Waals surface area contributed by atoms with E-state index in [4.69, 9.17) is 0 Å². The van der Waals surface area contributed by atoms with Gasteiger partial charge >= 0.3 is 5.69 Å². The largest absolute Gasteiger partial charge is 0.388 e. The molecule has 0 aliphatic rings. The Morgan fingerprint density at radius 3 is 2.80 bits per heavy atom. The van der Waals surface area contributed by atoms with Crippen molar-refractivity contribution < 1.29 is 5.11 Å². The standard InChI is InChI=1S/C14H21N3O2S/c1-9(15-7-14(2,19)8-20-3)10-4-5-11-12(6-10)17-13(18)16-11/h4-6,9,15,19H,7-8H2,1-3H3,(H2,16,17,18). The molecule has 110 valence electrons. The molecule has 0 aliphatic carbocycles. The molecule has 0 bridgehead atoms. The normalized spacial score (nSPS) is 16.2. The van der Waals surface area contributed by atoms with Crippen molar-refractivity contribution in [1.82, 2.24) is 15.3 Å². The van der Waals surface area contributed by atoms with Gasteiger partial charge in [-0.2, -0.15) is 11.8 Å². The number of aromatic amines is 2. The molecule has 0 saturated heterocycles. The lowest BCUT2D eigenvalue weighted by Gasteiger charge is -2.25. The molecule has 1 aromatic heterocycles. The van der Waals surface area contributed by atoms with Crippen molar-refractivity contribution >= 4 is 22.8 Å². The lowest BCUT2D eigenvalue weighted by molar-refractivity contribution is 0.0821. The highest BCUT2D eigenvalue weighted by molar-refractivity contribution is 7.98. The van der Waals surface area contributed by atoms with Gasteiger partial charge in [0, 0.05) is 18.3 Å². The second-order valence-electron chi connectivity index (χ2n) is 5.42. The molecule has 2 atom stereocenters. The smallest absolute Gasteiger partial charge is 0.323 e. The Bertz CT molecular complexity index is 633. The average molecular weight is 295 g/mol. The summed E-state index contributed by atoms with van der Waals surface area (Å²) in [5.74, 6) is 0.691. The van der Waals surface area contributed by atoms with Gasteiger partial charge in [0.05, 0.1) is 16.6 Å². The molecule has 0 aliphatic heterocycles. The van der Waals surface area contributed by atoms with E-state index in [9.17, 15) is 9.90 Å². The summed E-state index contributed by atoms with van der Waals surface area (Å²) in [6.07, 6.45) is 1.98. The van der Waals surface area contributed by atoms with Crippen LogP contribution in [0.5, 0.6) is 0 Å². The van der Waals surface area contributed by atoms with Crippen molar-refractivity contribution in [1.29, 1.82) is 0 Å². The monoisotopic (exact) mass is 295 g/mol. The van der Waals surface area contributed by atoms with Gasteiger partial charge in [-0.1, -0.05) is 6.07 Å². The third-order valence-electron chi connectivity index (χ3n) is 3.28. The van der Waals surface area contributed by atoms with Gasteiger partial charge in [-0.15, -0.1) is 0 Å². The van der Waals surface area contributed by atoms with Gasteiger partial charge in [0.1, 0.15) is 0 Å². The summed E-state index contributed by atoms with van der Waals surface area (Å²) in [6.45, 7) is 4.40. The summed E-state index contributed by atoms with van der Waals surface area (Å²) in [5.41, 5.74) is 1.77. The van der Waals surface area contributed by atoms with Crippen molar-refractivity contribution in [2.24, 2.45) is 0 Å². The predicted molar refractivity (Wildman–Crippen MR) is 84.3 cm³/mol. The highest BCUT2D eigenvalue weighted by Crippen LogP contribution is 2.18. The fraction of sp³-hybridized carbons (Fsp3) is 0.500. The van der Waals surface area contributed by atoms with Gasteiger partial charge < -0.3 is 20.4 Å². The SMILES string of the molecule is CSCC(C)(O)CNC(C)c1ccc2[nH]c(=O)[nH]c2c1. The molecule has 0 saturated carbocycles. The summed E-state index contributed by atoms with van der Waals surface area (Å²) in [5, 5.41) is 13.5. The predicted octanol–water partition coefficient (Wildman–Crippen LogP) is 1.62. The molecule has 1 aromatic carbocycles. The number of imidazole rings is 1. The van der Waals surface area contributed by atoms with E-state index in [0.29, 0.717) is 12.3 Å². The maximum atomic E-state index is 11.2. The van der Waals surface area contributed by atoms with Crippen LogP contribution < -0.4 is 11.0 Å². The number of nitrogens with one attached hydrogen (secondary N) is 3. The molecule has 4 N–H and O–H groups in total. The van der Waals surface area contributed by atoms with Crippen LogP contribution in [0, 0.1) is 0 Å². The van der Waals surface area contributed by atoms with E-state index in [-0.39, 0.29) is 11.7 Å². The second kappa shape index (κ2) is 6.03. The molecule has 6 heteroatoms. The van der Waals surface area contributed by atoms with E-state index in [0.717, 1.165) is 16.6 Å². The number of aromatic nitrogens is 2. The number of aliphatic hydroxyl groups is 1. The van der Waals surface area contributed by atoms with Crippen LogP contribution in [0.2, 0.25) is 0 Å². The first kappa shape index (κ1) is 15.2. The Morgan fingerprint density at radius 1 is 1.40 bits per heavy atom. The number of benzene rings is 1. The van der Waals surface area contributed by atoms with Crippen LogP contribution in [-0.4, -0.2) is 39.2 Å². The number of thioether (sulfide) groups is 1. The zero-order valence-corrected chi connectivity index (χ0v) is 12.8. The molecular weight excluding hydrogens is 274 g/mol. The van der Waals surface area contributed by atoms with Crippen molar-refractivity contribution in [3.63, 3.8) is 0 Å². The van der Waals surface area contributed by atoms with Gasteiger partial charge in [0.2, 0.25) is 0 Å². The van der Waals surface area contributed by atoms with Crippen molar-refractivity contribution in [3.05, 3.63) is 34.2 Å². The topological polar surface area (TPSA) is 80.9 Å². The Labute approximate surface area is 122 Å². The van der Waals surface area contributed by atoms with Crippen molar-refractivity contribution in [3.8, 4) is 0 Å². The minimum absolute atomic E-state index is 0.103. The lowest BCUT2D eigenvalue weighted by Crippen LogP contribution is -2.40. The molecular formula is C14H21N3O2S. The molecule has 2 aromatic rings. The summed E-state index contributed by atoms with van der Waals surface area (Å²) >= 11 is 1.63. The molecule has 2 rings (SSSR count). The summed E-state index contributed by atoms with van der Waals surface area (Å²) in [4.78, 5) is 16.7. The van der Waals surface area contributed by atoms with Gasteiger partial charge in [-0.3, -0.25) is 0 Å². The first-order valence-electron chi connectivity index (χ1n) is 6.58. The minimum Gasteiger partial charge on any atom is -0.388 e. The van der Waals surface area contributed by atoms with Crippen LogP contribution in [0.1, 0.15) is 25.5 Å². The first-order valence-corrected chi connectivity index (χ1v) is 7.97. The van der Waals surface area contributed by atoms with Crippen LogP contribution in [-0.2, 0) is 0 Å². The van der Waals surface area contributed by atoms with Gasteiger partial charge in [0.25, 0.3) is 0 Å². The van der Waals surface area contributed by atoms with Crippen LogP contribution >= 0.6 is 11.8 Å². The fourth-order valence-electron chi connectivity index (χ4n) is 2.17. The number of fused-ring (bicyclic) bond motifs is 1.